The lowest BCUT2D eigenvalue weighted by Crippen LogP contribution is -2.19. The van der Waals surface area contributed by atoms with Gasteiger partial charge in [0.05, 0.1) is 22.7 Å². The van der Waals surface area contributed by atoms with E-state index in [1.54, 1.807) is 4.68 Å². The molecule has 3 aromatic rings. The maximum atomic E-state index is 12.8. The van der Waals surface area contributed by atoms with Crippen LogP contribution in [0.15, 0.2) is 69.6 Å². The molecular weight excluding hydrogens is 324 g/mol. The Morgan fingerprint density at radius 1 is 1.04 bits per heavy atom. The number of H-pyrrole nitrogens is 1. The van der Waals surface area contributed by atoms with Crippen LogP contribution in [-0.4, -0.2) is 21.2 Å². The third kappa shape index (κ3) is 2.81. The van der Waals surface area contributed by atoms with E-state index in [2.05, 4.69) is 27.4 Å². The van der Waals surface area contributed by atoms with Gasteiger partial charge in [-0.2, -0.15) is 10.2 Å². The number of fused-ring (bicyclic) bond motifs is 1. The zero-order chi connectivity index (χ0) is 18.1. The van der Waals surface area contributed by atoms with Crippen LogP contribution in [0.25, 0.3) is 5.69 Å². The number of hydrogen-bond acceptors (Lipinski definition) is 3. The Bertz CT molecular complexity index is 1070. The van der Waals surface area contributed by atoms with Crippen LogP contribution in [0.4, 0.5) is 0 Å². The summed E-state index contributed by atoms with van der Waals surface area (Å²) in [6.07, 6.45) is 1.88. The molecule has 0 aliphatic heterocycles. The first-order valence-electron chi connectivity index (χ1n) is 8.72. The molecule has 0 radical (unpaired) electrons. The molecule has 5 heteroatoms. The van der Waals surface area contributed by atoms with Crippen LogP contribution in [0, 0.1) is 6.92 Å². The second-order valence-electron chi connectivity index (χ2n) is 6.48. The van der Waals surface area contributed by atoms with Crippen LogP contribution in [0.5, 0.6) is 0 Å². The Morgan fingerprint density at radius 2 is 1.77 bits per heavy atom. The molecule has 0 amide bonds. The molecule has 0 bridgehead atoms. The molecule has 2 aromatic carbocycles. The third-order valence-corrected chi connectivity index (χ3v) is 4.73. The van der Waals surface area contributed by atoms with Gasteiger partial charge in [0, 0.05) is 11.3 Å². The number of nitrogens with one attached hydrogen (secondary N) is 1. The summed E-state index contributed by atoms with van der Waals surface area (Å²) in [7, 11) is 0. The maximum Gasteiger partial charge on any atom is 0.280 e. The first kappa shape index (κ1) is 16.3. The lowest BCUT2D eigenvalue weighted by molar-refractivity contribution is 0.835. The van der Waals surface area contributed by atoms with E-state index in [4.69, 9.17) is 0 Å². The van der Waals surface area contributed by atoms with Gasteiger partial charge in [0.15, 0.2) is 0 Å². The highest BCUT2D eigenvalue weighted by Crippen LogP contribution is 2.22. The van der Waals surface area contributed by atoms with Crippen molar-refractivity contribution in [3.63, 3.8) is 0 Å². The number of nitrogens with zero attached hydrogens (tertiary/aromatic N) is 3. The minimum absolute atomic E-state index is 0.109. The Morgan fingerprint density at radius 3 is 2.58 bits per heavy atom. The third-order valence-electron chi connectivity index (χ3n) is 4.73. The van der Waals surface area contributed by atoms with Gasteiger partial charge in [0.2, 0.25) is 0 Å². The summed E-state index contributed by atoms with van der Waals surface area (Å²) in [6, 6.07) is 17.8. The van der Waals surface area contributed by atoms with Crippen molar-refractivity contribution < 1.29 is 0 Å². The second-order valence-corrected chi connectivity index (χ2v) is 6.48. The predicted octanol–water partition coefficient (Wildman–Crippen LogP) is 3.63. The normalized spacial score (nSPS) is 15.5. The Labute approximate surface area is 151 Å². The molecule has 26 heavy (non-hydrogen) atoms. The Hall–Kier alpha value is -3.21. The molecule has 1 heterocycles. The number of aryl methyl sites for hydroxylation is 2. The smallest absolute Gasteiger partial charge is 0.280 e. The lowest BCUT2D eigenvalue weighted by Gasteiger charge is -1.99. The van der Waals surface area contributed by atoms with Crippen LogP contribution in [0.2, 0.25) is 0 Å². The van der Waals surface area contributed by atoms with Crippen molar-refractivity contribution in [2.75, 3.05) is 0 Å². The molecule has 1 aliphatic rings. The van der Waals surface area contributed by atoms with Gasteiger partial charge in [-0.15, -0.1) is 0 Å². The van der Waals surface area contributed by atoms with Crippen LogP contribution in [-0.2, 0) is 6.42 Å². The van der Waals surface area contributed by atoms with E-state index in [0.29, 0.717) is 11.3 Å². The van der Waals surface area contributed by atoms with E-state index in [1.807, 2.05) is 56.3 Å². The largest absolute Gasteiger partial charge is 0.295 e. The highest BCUT2D eigenvalue weighted by molar-refractivity contribution is 6.05. The topological polar surface area (TPSA) is 62.5 Å². The number of hydrogen-bond donors (Lipinski definition) is 1. The number of aromatic nitrogens is 2. The summed E-state index contributed by atoms with van der Waals surface area (Å²) in [6.45, 7) is 3.71. The number of aromatic amines is 1. The molecule has 0 saturated heterocycles. The average Bonchev–Trinajstić information content (AvgIpc) is 3.21. The second kappa shape index (κ2) is 6.59. The van der Waals surface area contributed by atoms with Crippen molar-refractivity contribution in [2.24, 2.45) is 10.2 Å². The van der Waals surface area contributed by atoms with Crippen LogP contribution in [0.3, 0.4) is 0 Å². The van der Waals surface area contributed by atoms with Crippen molar-refractivity contribution in [1.29, 1.82) is 0 Å². The first-order valence-corrected chi connectivity index (χ1v) is 8.72. The summed E-state index contributed by atoms with van der Waals surface area (Å²) in [5, 5.41) is 12.0. The predicted molar refractivity (Wildman–Crippen MR) is 105 cm³/mol. The zero-order valence-electron chi connectivity index (χ0n) is 14.9. The minimum atomic E-state index is -0.109. The molecule has 0 spiro atoms. The molecule has 1 aromatic heterocycles. The minimum Gasteiger partial charge on any atom is -0.295 e. The molecule has 0 saturated carbocycles. The van der Waals surface area contributed by atoms with Crippen LogP contribution < -0.4 is 5.56 Å². The van der Waals surface area contributed by atoms with E-state index in [1.165, 1.54) is 5.56 Å². The SMILES string of the molecule is C/C(=N\N=C1\CCc2ccccc21)c1c(C)[nH]n(-c2ccccc2)c1=O. The monoisotopic (exact) mass is 344 g/mol. The summed E-state index contributed by atoms with van der Waals surface area (Å²) < 4.78 is 1.54. The molecule has 4 rings (SSSR count). The van der Waals surface area contributed by atoms with Gasteiger partial charge in [-0.1, -0.05) is 42.5 Å². The van der Waals surface area contributed by atoms with Crippen molar-refractivity contribution in [1.82, 2.24) is 9.78 Å². The van der Waals surface area contributed by atoms with E-state index >= 15 is 0 Å². The summed E-state index contributed by atoms with van der Waals surface area (Å²) >= 11 is 0. The highest BCUT2D eigenvalue weighted by atomic mass is 16.1. The average molecular weight is 344 g/mol. The van der Waals surface area contributed by atoms with Gasteiger partial charge < -0.3 is 0 Å². The van der Waals surface area contributed by atoms with E-state index in [9.17, 15) is 4.79 Å². The summed E-state index contributed by atoms with van der Waals surface area (Å²) in [5.74, 6) is 0. The van der Waals surface area contributed by atoms with E-state index in [-0.39, 0.29) is 5.56 Å². The van der Waals surface area contributed by atoms with Gasteiger partial charge in [-0.3, -0.25) is 9.89 Å². The van der Waals surface area contributed by atoms with Gasteiger partial charge >= 0.3 is 0 Å². The van der Waals surface area contributed by atoms with Crippen molar-refractivity contribution >= 4 is 11.4 Å². The van der Waals surface area contributed by atoms with Crippen molar-refractivity contribution in [3.05, 3.63) is 87.3 Å². The molecule has 1 aliphatic carbocycles. The van der Waals surface area contributed by atoms with Gasteiger partial charge in [-0.25, -0.2) is 4.68 Å². The molecule has 1 N–H and O–H groups in total. The molecule has 0 atom stereocenters. The van der Waals surface area contributed by atoms with E-state index < -0.39 is 0 Å². The Balaban J connectivity index is 1.71. The van der Waals surface area contributed by atoms with Gasteiger partial charge in [-0.05, 0) is 44.4 Å². The molecule has 0 fully saturated rings. The molecule has 0 unspecified atom stereocenters. The van der Waals surface area contributed by atoms with Crippen molar-refractivity contribution in [3.8, 4) is 5.69 Å². The van der Waals surface area contributed by atoms with E-state index in [0.717, 1.165) is 35.5 Å². The molecule has 5 nitrogen and oxygen atoms in total. The fourth-order valence-corrected chi connectivity index (χ4v) is 3.43. The van der Waals surface area contributed by atoms with Crippen LogP contribution >= 0.6 is 0 Å². The highest BCUT2D eigenvalue weighted by Gasteiger charge is 2.18. The molecule has 130 valence electrons. The van der Waals surface area contributed by atoms with Crippen molar-refractivity contribution in [2.45, 2.75) is 26.7 Å². The molecular formula is C21H20N4O. The summed E-state index contributed by atoms with van der Waals surface area (Å²) in [5.41, 5.74) is 6.13. The fourth-order valence-electron chi connectivity index (χ4n) is 3.43. The lowest BCUT2D eigenvalue weighted by atomic mass is 10.1. The fraction of sp³-hybridized carbons (Fsp3) is 0.190. The Kier molecular flexibility index (Phi) is 4.13. The van der Waals surface area contributed by atoms with Gasteiger partial charge in [0.25, 0.3) is 5.56 Å². The maximum absolute atomic E-state index is 12.8. The number of rotatable bonds is 3. The number of para-hydroxylation sites is 1. The number of benzene rings is 2. The van der Waals surface area contributed by atoms with Gasteiger partial charge in [0.1, 0.15) is 0 Å². The first-order chi connectivity index (χ1) is 12.6. The quantitative estimate of drug-likeness (QED) is 0.572. The standard InChI is InChI=1S/C21H20N4O/c1-14(22-23-19-13-12-16-8-6-7-11-18(16)19)20-15(2)24-25(21(20)26)17-9-4-3-5-10-17/h3-11,24H,12-13H2,1-2H3/b22-14+,23-19-. The zero-order valence-corrected chi connectivity index (χ0v) is 14.9. The van der Waals surface area contributed by atoms with Crippen LogP contribution in [0.1, 0.15) is 35.7 Å². The summed E-state index contributed by atoms with van der Waals surface area (Å²) in [4.78, 5) is 12.8.